The van der Waals surface area contributed by atoms with Gasteiger partial charge in [0.25, 0.3) is 10.0 Å². The third-order valence-electron chi connectivity index (χ3n) is 7.15. The Labute approximate surface area is 253 Å². The van der Waals surface area contributed by atoms with Crippen molar-refractivity contribution < 1.29 is 31.9 Å². The van der Waals surface area contributed by atoms with Crippen LogP contribution in [0.3, 0.4) is 0 Å². The van der Waals surface area contributed by atoms with E-state index >= 15 is 0 Å². The molecule has 232 valence electrons. The van der Waals surface area contributed by atoms with Gasteiger partial charge in [-0.3, -0.25) is 13.9 Å². The van der Waals surface area contributed by atoms with Crippen LogP contribution >= 0.6 is 0 Å². The number of nitrogens with one attached hydrogen (secondary N) is 1. The van der Waals surface area contributed by atoms with Crippen LogP contribution in [0.25, 0.3) is 0 Å². The monoisotopic (exact) mass is 613 g/mol. The van der Waals surface area contributed by atoms with Crippen LogP contribution in [0.15, 0.2) is 71.6 Å². The van der Waals surface area contributed by atoms with Crippen LogP contribution in [-0.2, 0) is 26.2 Å². The minimum absolute atomic E-state index is 0.0841. The fraction of sp³-hybridized carbons (Fsp3) is 0.375. The molecule has 0 aliphatic heterocycles. The summed E-state index contributed by atoms with van der Waals surface area (Å²) >= 11 is 0. The van der Waals surface area contributed by atoms with Gasteiger partial charge < -0.3 is 19.7 Å². The van der Waals surface area contributed by atoms with Crippen LogP contribution in [0.2, 0.25) is 0 Å². The number of carbonyl (C=O) groups excluding carboxylic acids is 2. The van der Waals surface area contributed by atoms with Crippen molar-refractivity contribution in [3.05, 3.63) is 83.7 Å². The van der Waals surface area contributed by atoms with E-state index in [1.165, 1.54) is 49.5 Å². The number of carbonyl (C=O) groups is 2. The molecule has 43 heavy (non-hydrogen) atoms. The van der Waals surface area contributed by atoms with E-state index in [-0.39, 0.29) is 28.8 Å². The first-order valence-electron chi connectivity index (χ1n) is 14.2. The third kappa shape index (κ3) is 8.25. The first kappa shape index (κ1) is 33.4. The van der Waals surface area contributed by atoms with Crippen molar-refractivity contribution in [1.29, 1.82) is 0 Å². The highest BCUT2D eigenvalue weighted by atomic mass is 32.2. The zero-order valence-electron chi connectivity index (χ0n) is 25.3. The summed E-state index contributed by atoms with van der Waals surface area (Å²) in [5.74, 6) is -0.947. The number of sulfonamides is 1. The summed E-state index contributed by atoms with van der Waals surface area (Å²) in [6.45, 7) is 5.66. The van der Waals surface area contributed by atoms with Crippen molar-refractivity contribution in [2.45, 2.75) is 57.5 Å². The Balaban J connectivity index is 2.08. The summed E-state index contributed by atoms with van der Waals surface area (Å²) in [5, 5.41) is 2.91. The van der Waals surface area contributed by atoms with E-state index in [9.17, 15) is 22.4 Å². The fourth-order valence-electron chi connectivity index (χ4n) is 4.64. The zero-order valence-corrected chi connectivity index (χ0v) is 26.1. The molecule has 0 aromatic heterocycles. The number of amides is 2. The maximum Gasteiger partial charge on any atom is 0.264 e. The number of benzene rings is 3. The number of ether oxygens (including phenoxy) is 2. The molecule has 1 atom stereocenters. The van der Waals surface area contributed by atoms with Gasteiger partial charge in [0.2, 0.25) is 11.8 Å². The molecular weight excluding hydrogens is 573 g/mol. The zero-order chi connectivity index (χ0) is 31.6. The molecule has 0 fully saturated rings. The van der Waals surface area contributed by atoms with Gasteiger partial charge >= 0.3 is 0 Å². The summed E-state index contributed by atoms with van der Waals surface area (Å²) in [6.07, 6.45) is 1.99. The maximum atomic E-state index is 14.2. The molecule has 3 aromatic carbocycles. The standard InChI is InChI=1S/C32H40FN3O6S/c1-6-8-19-34-32(38)28(7-2)35(21-24-12-10-9-11-23(24)3)31(37)22-36(26-15-13-25(33)14-16-26)43(39,40)27-17-18-29(41-4)30(20-27)42-5/h9-18,20,28H,6-8,19,21-22H2,1-5H3,(H,34,38)/t28-/m0/s1. The summed E-state index contributed by atoms with van der Waals surface area (Å²) in [5.41, 5.74) is 1.84. The molecule has 0 aliphatic carbocycles. The van der Waals surface area contributed by atoms with Crippen molar-refractivity contribution in [2.24, 2.45) is 0 Å². The molecule has 0 radical (unpaired) electrons. The molecule has 0 saturated heterocycles. The Hall–Kier alpha value is -4.12. The number of rotatable bonds is 15. The molecule has 0 aliphatic rings. The van der Waals surface area contributed by atoms with E-state index in [1.54, 1.807) is 6.92 Å². The molecule has 2 amide bonds. The summed E-state index contributed by atoms with van der Waals surface area (Å²) in [7, 11) is -1.56. The lowest BCUT2D eigenvalue weighted by molar-refractivity contribution is -0.140. The molecule has 3 aromatic rings. The van der Waals surface area contributed by atoms with Crippen molar-refractivity contribution in [3.8, 4) is 11.5 Å². The van der Waals surface area contributed by atoms with E-state index < -0.39 is 34.3 Å². The minimum Gasteiger partial charge on any atom is -0.493 e. The Morgan fingerprint density at radius 3 is 2.23 bits per heavy atom. The molecule has 0 saturated carbocycles. The molecule has 9 nitrogen and oxygen atoms in total. The Kier molecular flexibility index (Phi) is 11.9. The molecular formula is C32H40FN3O6S. The summed E-state index contributed by atoms with van der Waals surface area (Å²) in [6, 6.07) is 15.6. The van der Waals surface area contributed by atoms with E-state index in [0.29, 0.717) is 18.7 Å². The van der Waals surface area contributed by atoms with Gasteiger partial charge in [-0.05, 0) is 67.3 Å². The molecule has 1 N–H and O–H groups in total. The highest BCUT2D eigenvalue weighted by Gasteiger charge is 2.34. The number of methoxy groups -OCH3 is 2. The Bertz CT molecular complexity index is 1500. The van der Waals surface area contributed by atoms with Crippen LogP contribution in [0.1, 0.15) is 44.2 Å². The average molecular weight is 614 g/mol. The number of hydrogen-bond acceptors (Lipinski definition) is 6. The number of unbranched alkanes of at least 4 members (excludes halogenated alkanes) is 1. The van der Waals surface area contributed by atoms with Crippen molar-refractivity contribution in [3.63, 3.8) is 0 Å². The Morgan fingerprint density at radius 1 is 0.953 bits per heavy atom. The molecule has 3 rings (SSSR count). The number of nitrogens with zero attached hydrogens (tertiary/aromatic N) is 2. The van der Waals surface area contributed by atoms with Gasteiger partial charge in [-0.1, -0.05) is 44.5 Å². The number of aryl methyl sites for hydroxylation is 1. The predicted octanol–water partition coefficient (Wildman–Crippen LogP) is 5.07. The van der Waals surface area contributed by atoms with Gasteiger partial charge in [-0.25, -0.2) is 12.8 Å². The van der Waals surface area contributed by atoms with Crippen LogP contribution in [0.4, 0.5) is 10.1 Å². The summed E-state index contributed by atoms with van der Waals surface area (Å²) < 4.78 is 53.5. The van der Waals surface area contributed by atoms with E-state index in [4.69, 9.17) is 9.47 Å². The first-order chi connectivity index (χ1) is 20.6. The van der Waals surface area contributed by atoms with Crippen LogP contribution < -0.4 is 19.1 Å². The second-order valence-electron chi connectivity index (χ2n) is 10.0. The SMILES string of the molecule is CCCCNC(=O)[C@H](CC)N(Cc1ccccc1C)C(=O)CN(c1ccc(F)cc1)S(=O)(=O)c1ccc(OC)c(OC)c1. The second-order valence-corrected chi connectivity index (χ2v) is 11.9. The van der Waals surface area contributed by atoms with Gasteiger partial charge in [0.1, 0.15) is 18.4 Å². The van der Waals surface area contributed by atoms with Crippen LogP contribution in [0.5, 0.6) is 11.5 Å². The number of hydrogen-bond donors (Lipinski definition) is 1. The lowest BCUT2D eigenvalue weighted by Crippen LogP contribution is -2.52. The van der Waals surface area contributed by atoms with E-state index in [0.717, 1.165) is 40.4 Å². The smallest absolute Gasteiger partial charge is 0.264 e. The van der Waals surface area contributed by atoms with Gasteiger partial charge in [-0.15, -0.1) is 0 Å². The lowest BCUT2D eigenvalue weighted by Gasteiger charge is -2.33. The largest absolute Gasteiger partial charge is 0.493 e. The fourth-order valence-corrected chi connectivity index (χ4v) is 6.07. The number of anilines is 1. The van der Waals surface area contributed by atoms with Gasteiger partial charge in [0.15, 0.2) is 11.5 Å². The first-order valence-corrected chi connectivity index (χ1v) is 15.6. The van der Waals surface area contributed by atoms with Crippen molar-refractivity contribution in [2.75, 3.05) is 31.6 Å². The summed E-state index contributed by atoms with van der Waals surface area (Å²) in [4.78, 5) is 28.7. The van der Waals surface area contributed by atoms with Gasteiger partial charge in [0, 0.05) is 19.2 Å². The quantitative estimate of drug-likeness (QED) is 0.240. The van der Waals surface area contributed by atoms with Gasteiger partial charge in [0.05, 0.1) is 24.8 Å². The van der Waals surface area contributed by atoms with Gasteiger partial charge in [-0.2, -0.15) is 0 Å². The highest BCUT2D eigenvalue weighted by molar-refractivity contribution is 7.92. The maximum absolute atomic E-state index is 14.2. The molecule has 11 heteroatoms. The second kappa shape index (κ2) is 15.4. The topological polar surface area (TPSA) is 105 Å². The molecule has 0 unspecified atom stereocenters. The average Bonchev–Trinajstić information content (AvgIpc) is 3.00. The van der Waals surface area contributed by atoms with Crippen molar-refractivity contribution >= 4 is 27.5 Å². The van der Waals surface area contributed by atoms with Crippen LogP contribution in [0, 0.1) is 12.7 Å². The minimum atomic E-state index is -4.38. The highest BCUT2D eigenvalue weighted by Crippen LogP contribution is 2.32. The normalized spacial score (nSPS) is 11.9. The predicted molar refractivity (Wildman–Crippen MR) is 164 cm³/mol. The van der Waals surface area contributed by atoms with Crippen LogP contribution in [-0.4, -0.2) is 58.5 Å². The van der Waals surface area contributed by atoms with Crippen molar-refractivity contribution in [1.82, 2.24) is 10.2 Å². The molecule has 0 bridgehead atoms. The van der Waals surface area contributed by atoms with E-state index in [1.807, 2.05) is 38.1 Å². The van der Waals surface area contributed by atoms with E-state index in [2.05, 4.69) is 5.32 Å². The lowest BCUT2D eigenvalue weighted by atomic mass is 10.1. The number of halogens is 1. The molecule has 0 heterocycles. The third-order valence-corrected chi connectivity index (χ3v) is 8.92. The molecule has 0 spiro atoms. The Morgan fingerprint density at radius 2 is 1.63 bits per heavy atom.